The van der Waals surface area contributed by atoms with Crippen LogP contribution in [0.4, 0.5) is 0 Å². The number of amides is 1. The minimum atomic E-state index is -3.76. The Kier molecular flexibility index (Phi) is 6.04. The molecule has 1 unspecified atom stereocenters. The molecule has 118 valence electrons. The summed E-state index contributed by atoms with van der Waals surface area (Å²) >= 11 is 0. The van der Waals surface area contributed by atoms with Gasteiger partial charge < -0.3 is 10.1 Å². The Morgan fingerprint density at radius 3 is 2.43 bits per heavy atom. The van der Waals surface area contributed by atoms with E-state index in [2.05, 4.69) is 5.32 Å². The van der Waals surface area contributed by atoms with Gasteiger partial charge in [0.2, 0.25) is 0 Å². The van der Waals surface area contributed by atoms with E-state index in [9.17, 15) is 13.2 Å². The Hall–Kier alpha value is -1.27. The van der Waals surface area contributed by atoms with Crippen LogP contribution in [0.5, 0.6) is 5.75 Å². The van der Waals surface area contributed by atoms with E-state index in [-0.39, 0.29) is 23.5 Å². The maximum Gasteiger partial charge on any atom is 0.261 e. The van der Waals surface area contributed by atoms with Crippen LogP contribution in [0, 0.1) is 12.8 Å². The molecule has 1 aromatic carbocycles. The summed E-state index contributed by atoms with van der Waals surface area (Å²) in [5, 5.41) is 2.82. The highest BCUT2D eigenvalue weighted by Crippen LogP contribution is 2.23. The molecule has 1 N–H and O–H groups in total. The summed E-state index contributed by atoms with van der Waals surface area (Å²) in [6, 6.07) is 4.31. The third kappa shape index (κ3) is 5.55. The van der Waals surface area contributed by atoms with Crippen molar-refractivity contribution in [2.75, 3.05) is 6.61 Å². The zero-order valence-corrected chi connectivity index (χ0v) is 14.1. The highest BCUT2D eigenvalue weighted by atomic mass is 35.7. The standard InChI is InChI=1S/C14H20ClNO4S/c1-9(2)11(4)16-14(17)8-20-13-6-5-12(7-10(13)3)21(15,18)19/h5-7,9,11H,8H2,1-4H3,(H,16,17). The van der Waals surface area contributed by atoms with Crippen molar-refractivity contribution in [1.82, 2.24) is 5.32 Å². The normalized spacial score (nSPS) is 13.0. The molecule has 1 rings (SSSR count). The number of nitrogens with one attached hydrogen (secondary N) is 1. The van der Waals surface area contributed by atoms with Crippen LogP contribution in [0.2, 0.25) is 0 Å². The van der Waals surface area contributed by atoms with E-state index in [0.29, 0.717) is 17.2 Å². The largest absolute Gasteiger partial charge is 0.484 e. The molecule has 7 heteroatoms. The number of carbonyl (C=O) groups excluding carboxylic acids is 1. The summed E-state index contributed by atoms with van der Waals surface area (Å²) in [5.41, 5.74) is 0.599. The first-order chi connectivity index (χ1) is 9.61. The third-order valence-electron chi connectivity index (χ3n) is 3.18. The molecule has 0 aliphatic heterocycles. The van der Waals surface area contributed by atoms with Crippen molar-refractivity contribution in [2.24, 2.45) is 5.92 Å². The van der Waals surface area contributed by atoms with Gasteiger partial charge in [0, 0.05) is 16.7 Å². The molecule has 0 heterocycles. The zero-order chi connectivity index (χ0) is 16.2. The summed E-state index contributed by atoms with van der Waals surface area (Å²) in [6.07, 6.45) is 0. The molecular formula is C14H20ClNO4S. The molecule has 0 aliphatic carbocycles. The van der Waals surface area contributed by atoms with Gasteiger partial charge in [-0.15, -0.1) is 0 Å². The average molecular weight is 334 g/mol. The fraction of sp³-hybridized carbons (Fsp3) is 0.500. The van der Waals surface area contributed by atoms with Gasteiger partial charge in [0.15, 0.2) is 6.61 Å². The lowest BCUT2D eigenvalue weighted by atomic mass is 10.1. The lowest BCUT2D eigenvalue weighted by molar-refractivity contribution is -0.124. The number of rotatable bonds is 6. The van der Waals surface area contributed by atoms with Crippen molar-refractivity contribution in [1.29, 1.82) is 0 Å². The summed E-state index contributed by atoms with van der Waals surface area (Å²) in [7, 11) is 1.50. The molecule has 1 amide bonds. The fourth-order valence-corrected chi connectivity index (χ4v) is 2.38. The summed E-state index contributed by atoms with van der Waals surface area (Å²) in [5.74, 6) is 0.569. The number of hydrogen-bond donors (Lipinski definition) is 1. The maximum atomic E-state index is 11.7. The Morgan fingerprint density at radius 1 is 1.33 bits per heavy atom. The number of carbonyl (C=O) groups is 1. The molecule has 0 bridgehead atoms. The predicted octanol–water partition coefficient (Wildman–Crippen LogP) is 2.46. The number of hydrogen-bond acceptors (Lipinski definition) is 4. The van der Waals surface area contributed by atoms with Gasteiger partial charge in [0.1, 0.15) is 5.75 Å². The first kappa shape index (κ1) is 17.8. The van der Waals surface area contributed by atoms with Crippen LogP contribution in [-0.2, 0) is 13.8 Å². The van der Waals surface area contributed by atoms with Crippen molar-refractivity contribution >= 4 is 25.6 Å². The molecule has 0 spiro atoms. The first-order valence-electron chi connectivity index (χ1n) is 6.58. The molecule has 0 aliphatic rings. The van der Waals surface area contributed by atoms with Crippen LogP contribution in [0.15, 0.2) is 23.1 Å². The number of ether oxygens (including phenoxy) is 1. The highest BCUT2D eigenvalue weighted by Gasteiger charge is 2.14. The lowest BCUT2D eigenvalue weighted by Gasteiger charge is -2.17. The topological polar surface area (TPSA) is 72.5 Å². The van der Waals surface area contributed by atoms with Gasteiger partial charge in [-0.2, -0.15) is 0 Å². The molecular weight excluding hydrogens is 314 g/mol. The average Bonchev–Trinajstić information content (AvgIpc) is 2.35. The Morgan fingerprint density at radius 2 is 1.95 bits per heavy atom. The minimum absolute atomic E-state index is 0.00639. The summed E-state index contributed by atoms with van der Waals surface area (Å²) in [6.45, 7) is 7.52. The molecule has 5 nitrogen and oxygen atoms in total. The Labute approximate surface area is 130 Å². The quantitative estimate of drug-likeness (QED) is 0.812. The van der Waals surface area contributed by atoms with Crippen molar-refractivity contribution in [2.45, 2.75) is 38.6 Å². The Bertz CT molecular complexity index is 613. The highest BCUT2D eigenvalue weighted by molar-refractivity contribution is 8.13. The van der Waals surface area contributed by atoms with E-state index in [0.717, 1.165) is 0 Å². The monoisotopic (exact) mass is 333 g/mol. The van der Waals surface area contributed by atoms with Crippen molar-refractivity contribution in [3.63, 3.8) is 0 Å². The lowest BCUT2D eigenvalue weighted by Crippen LogP contribution is -2.39. The van der Waals surface area contributed by atoms with Crippen molar-refractivity contribution in [3.05, 3.63) is 23.8 Å². The van der Waals surface area contributed by atoms with Gasteiger partial charge in [-0.25, -0.2) is 8.42 Å². The van der Waals surface area contributed by atoms with E-state index in [1.54, 1.807) is 6.92 Å². The van der Waals surface area contributed by atoms with Crippen molar-refractivity contribution in [3.8, 4) is 5.75 Å². The van der Waals surface area contributed by atoms with Gasteiger partial charge in [0.25, 0.3) is 15.0 Å². The molecule has 0 saturated heterocycles. The third-order valence-corrected chi connectivity index (χ3v) is 4.53. The first-order valence-corrected chi connectivity index (χ1v) is 8.89. The summed E-state index contributed by atoms with van der Waals surface area (Å²) in [4.78, 5) is 11.7. The van der Waals surface area contributed by atoms with Gasteiger partial charge in [-0.3, -0.25) is 4.79 Å². The van der Waals surface area contributed by atoms with Crippen molar-refractivity contribution < 1.29 is 17.9 Å². The van der Waals surface area contributed by atoms with Crippen LogP contribution in [0.25, 0.3) is 0 Å². The predicted molar refractivity (Wildman–Crippen MR) is 82.2 cm³/mol. The van der Waals surface area contributed by atoms with Crippen LogP contribution in [0.1, 0.15) is 26.3 Å². The van der Waals surface area contributed by atoms with E-state index in [1.807, 2.05) is 20.8 Å². The van der Waals surface area contributed by atoms with Crippen LogP contribution < -0.4 is 10.1 Å². The van der Waals surface area contributed by atoms with Crippen LogP contribution in [-0.4, -0.2) is 27.0 Å². The fourth-order valence-electron chi connectivity index (χ4n) is 1.54. The van der Waals surface area contributed by atoms with Gasteiger partial charge in [-0.1, -0.05) is 13.8 Å². The smallest absolute Gasteiger partial charge is 0.261 e. The second kappa shape index (κ2) is 7.13. The maximum absolute atomic E-state index is 11.7. The molecule has 0 aromatic heterocycles. The SMILES string of the molecule is Cc1cc(S(=O)(=O)Cl)ccc1OCC(=O)NC(C)C(C)C. The van der Waals surface area contributed by atoms with E-state index < -0.39 is 9.05 Å². The Balaban J connectivity index is 2.67. The number of aryl methyl sites for hydroxylation is 1. The van der Waals surface area contributed by atoms with Gasteiger partial charge in [0.05, 0.1) is 4.90 Å². The number of halogens is 1. The second-order valence-electron chi connectivity index (χ2n) is 5.25. The molecule has 1 aromatic rings. The molecule has 0 fully saturated rings. The second-order valence-corrected chi connectivity index (χ2v) is 7.82. The van der Waals surface area contributed by atoms with E-state index in [4.69, 9.17) is 15.4 Å². The number of benzene rings is 1. The van der Waals surface area contributed by atoms with Gasteiger partial charge in [-0.05, 0) is 43.5 Å². The van der Waals surface area contributed by atoms with E-state index in [1.165, 1.54) is 18.2 Å². The van der Waals surface area contributed by atoms with Gasteiger partial charge >= 0.3 is 0 Å². The van der Waals surface area contributed by atoms with Crippen LogP contribution in [0.3, 0.4) is 0 Å². The molecule has 21 heavy (non-hydrogen) atoms. The summed E-state index contributed by atoms with van der Waals surface area (Å²) < 4.78 is 27.8. The molecule has 0 radical (unpaired) electrons. The zero-order valence-electron chi connectivity index (χ0n) is 12.5. The molecule has 0 saturated carbocycles. The van der Waals surface area contributed by atoms with Crippen LogP contribution >= 0.6 is 10.7 Å². The van der Waals surface area contributed by atoms with E-state index >= 15 is 0 Å². The minimum Gasteiger partial charge on any atom is -0.484 e. The molecule has 1 atom stereocenters.